The van der Waals surface area contributed by atoms with Gasteiger partial charge in [-0.1, -0.05) is 0 Å². The normalized spacial score (nSPS) is 11.0. The summed E-state index contributed by atoms with van der Waals surface area (Å²) >= 11 is 4.08. The highest BCUT2D eigenvalue weighted by Crippen LogP contribution is 2.31. The minimum absolute atomic E-state index is 0.135. The van der Waals surface area contributed by atoms with Crippen LogP contribution in [0.2, 0.25) is 0 Å². The molecule has 13 heavy (non-hydrogen) atoms. The van der Waals surface area contributed by atoms with Gasteiger partial charge in [-0.2, -0.15) is 0 Å². The molecule has 1 N–H and O–H groups in total. The summed E-state index contributed by atoms with van der Waals surface area (Å²) in [5.74, 6) is 0. The Morgan fingerprint density at radius 1 is 1.54 bits per heavy atom. The largest absolute Gasteiger partial charge is 0.392 e. The van der Waals surface area contributed by atoms with Crippen LogP contribution < -0.4 is 0 Å². The number of halogens is 1. The van der Waals surface area contributed by atoms with Crippen molar-refractivity contribution in [2.75, 3.05) is 0 Å². The zero-order valence-electron chi connectivity index (χ0n) is 7.17. The van der Waals surface area contributed by atoms with Crippen LogP contribution in [0.1, 0.15) is 11.1 Å². The molecule has 0 saturated heterocycles. The molecule has 1 nitrogen and oxygen atoms in total. The van der Waals surface area contributed by atoms with Crippen LogP contribution in [0.15, 0.2) is 17.5 Å². The van der Waals surface area contributed by atoms with E-state index in [2.05, 4.69) is 40.1 Å². The zero-order valence-corrected chi connectivity index (χ0v) is 10.1. The Morgan fingerprint density at radius 3 is 3.00 bits per heavy atom. The SMILES string of the molecule is Cc1cc(I)c2sccc2c1CO. The van der Waals surface area contributed by atoms with Crippen molar-refractivity contribution in [1.82, 2.24) is 0 Å². The summed E-state index contributed by atoms with van der Waals surface area (Å²) in [6.07, 6.45) is 0. The van der Waals surface area contributed by atoms with Gasteiger partial charge in [-0.15, -0.1) is 11.3 Å². The number of benzene rings is 1. The van der Waals surface area contributed by atoms with Crippen molar-refractivity contribution in [1.29, 1.82) is 0 Å². The smallest absolute Gasteiger partial charge is 0.0690 e. The average Bonchev–Trinajstić information content (AvgIpc) is 2.53. The average molecular weight is 304 g/mol. The van der Waals surface area contributed by atoms with Crippen molar-refractivity contribution >= 4 is 44.0 Å². The van der Waals surface area contributed by atoms with Crippen molar-refractivity contribution in [2.45, 2.75) is 13.5 Å². The quantitative estimate of drug-likeness (QED) is 0.802. The highest BCUT2D eigenvalue weighted by Gasteiger charge is 2.07. The molecular weight excluding hydrogens is 295 g/mol. The molecule has 1 aromatic carbocycles. The molecule has 0 atom stereocenters. The summed E-state index contributed by atoms with van der Waals surface area (Å²) in [6, 6.07) is 4.21. The lowest BCUT2D eigenvalue weighted by Gasteiger charge is -2.05. The van der Waals surface area contributed by atoms with Gasteiger partial charge in [0.1, 0.15) is 0 Å². The van der Waals surface area contributed by atoms with Gasteiger partial charge in [0.15, 0.2) is 0 Å². The predicted molar refractivity (Wildman–Crippen MR) is 65.2 cm³/mol. The number of aryl methyl sites for hydroxylation is 1. The van der Waals surface area contributed by atoms with E-state index in [0.717, 1.165) is 5.56 Å². The number of fused-ring (bicyclic) bond motifs is 1. The highest BCUT2D eigenvalue weighted by atomic mass is 127. The third kappa shape index (κ3) is 1.49. The number of hydrogen-bond donors (Lipinski definition) is 1. The van der Waals surface area contributed by atoms with Crippen LogP contribution in [0.4, 0.5) is 0 Å². The van der Waals surface area contributed by atoms with Crippen molar-refractivity contribution in [3.63, 3.8) is 0 Å². The van der Waals surface area contributed by atoms with E-state index in [9.17, 15) is 5.11 Å². The first kappa shape index (κ1) is 9.43. The van der Waals surface area contributed by atoms with Gasteiger partial charge in [-0.3, -0.25) is 0 Å². The second kappa shape index (κ2) is 3.55. The predicted octanol–water partition coefficient (Wildman–Crippen LogP) is 3.31. The topological polar surface area (TPSA) is 20.2 Å². The Kier molecular flexibility index (Phi) is 2.58. The summed E-state index contributed by atoms with van der Waals surface area (Å²) in [6.45, 7) is 2.18. The number of hydrogen-bond acceptors (Lipinski definition) is 2. The van der Waals surface area contributed by atoms with Crippen LogP contribution in [0.25, 0.3) is 10.1 Å². The van der Waals surface area contributed by atoms with Crippen LogP contribution in [-0.2, 0) is 6.61 Å². The maximum Gasteiger partial charge on any atom is 0.0690 e. The van der Waals surface area contributed by atoms with Gasteiger partial charge >= 0.3 is 0 Å². The van der Waals surface area contributed by atoms with Gasteiger partial charge in [0, 0.05) is 8.27 Å². The molecule has 68 valence electrons. The van der Waals surface area contributed by atoms with Crippen LogP contribution in [0, 0.1) is 10.5 Å². The van der Waals surface area contributed by atoms with Crippen LogP contribution in [0.3, 0.4) is 0 Å². The van der Waals surface area contributed by atoms with E-state index in [1.54, 1.807) is 11.3 Å². The minimum Gasteiger partial charge on any atom is -0.392 e. The molecule has 2 rings (SSSR count). The Hall–Kier alpha value is -0.130. The third-order valence-corrected chi connectivity index (χ3v) is 4.35. The van der Waals surface area contributed by atoms with Crippen molar-refractivity contribution in [3.8, 4) is 0 Å². The summed E-state index contributed by atoms with van der Waals surface area (Å²) < 4.78 is 2.56. The van der Waals surface area contributed by atoms with Gasteiger partial charge in [0.05, 0.1) is 6.61 Å². The molecule has 0 amide bonds. The molecule has 0 aliphatic heterocycles. The first-order valence-electron chi connectivity index (χ1n) is 4.00. The fourth-order valence-corrected chi connectivity index (χ4v) is 3.47. The third-order valence-electron chi connectivity index (χ3n) is 2.18. The van der Waals surface area contributed by atoms with E-state index in [1.165, 1.54) is 19.2 Å². The summed E-state index contributed by atoms with van der Waals surface area (Å²) in [4.78, 5) is 0. The lowest BCUT2D eigenvalue weighted by atomic mass is 10.1. The van der Waals surface area contributed by atoms with E-state index >= 15 is 0 Å². The monoisotopic (exact) mass is 304 g/mol. The number of thiophene rings is 1. The molecular formula is C10H9IOS. The van der Waals surface area contributed by atoms with Crippen molar-refractivity contribution < 1.29 is 5.11 Å². The van der Waals surface area contributed by atoms with E-state index < -0.39 is 0 Å². The lowest BCUT2D eigenvalue weighted by Crippen LogP contribution is -1.90. The molecule has 3 heteroatoms. The first-order valence-corrected chi connectivity index (χ1v) is 5.96. The lowest BCUT2D eigenvalue weighted by molar-refractivity contribution is 0.282. The molecule has 1 aromatic heterocycles. The summed E-state index contributed by atoms with van der Waals surface area (Å²) in [7, 11) is 0. The first-order chi connectivity index (χ1) is 6.24. The fourth-order valence-electron chi connectivity index (χ4n) is 1.50. The summed E-state index contributed by atoms with van der Waals surface area (Å²) in [5.41, 5.74) is 2.24. The van der Waals surface area contributed by atoms with Gasteiger partial charge in [-0.05, 0) is 63.5 Å². The molecule has 0 fully saturated rings. The second-order valence-corrected chi connectivity index (χ2v) is 5.05. The van der Waals surface area contributed by atoms with E-state index in [4.69, 9.17) is 0 Å². The van der Waals surface area contributed by atoms with Crippen LogP contribution in [-0.4, -0.2) is 5.11 Å². The van der Waals surface area contributed by atoms with Crippen molar-refractivity contribution in [2.24, 2.45) is 0 Å². The van der Waals surface area contributed by atoms with Gasteiger partial charge in [0.2, 0.25) is 0 Å². The Labute approximate surface area is 94.5 Å². The maximum absolute atomic E-state index is 9.23. The minimum atomic E-state index is 0.135. The summed E-state index contributed by atoms with van der Waals surface area (Å²) in [5, 5.41) is 12.5. The van der Waals surface area contributed by atoms with Crippen molar-refractivity contribution in [3.05, 3.63) is 32.2 Å². The van der Waals surface area contributed by atoms with E-state index in [-0.39, 0.29) is 6.61 Å². The molecule has 1 heterocycles. The maximum atomic E-state index is 9.23. The van der Waals surface area contributed by atoms with E-state index in [1.807, 2.05) is 6.92 Å². The van der Waals surface area contributed by atoms with E-state index in [0.29, 0.717) is 0 Å². The van der Waals surface area contributed by atoms with Crippen LogP contribution in [0.5, 0.6) is 0 Å². The molecule has 0 saturated carbocycles. The number of aliphatic hydroxyl groups is 1. The number of rotatable bonds is 1. The van der Waals surface area contributed by atoms with Gasteiger partial charge in [-0.25, -0.2) is 0 Å². The molecule has 2 aromatic rings. The highest BCUT2D eigenvalue weighted by molar-refractivity contribution is 14.1. The standard InChI is InChI=1S/C10H9IOS/c1-6-4-9(11)10-7(2-3-13-10)8(6)5-12/h2-4,12H,5H2,1H3. The molecule has 0 aliphatic carbocycles. The number of aliphatic hydroxyl groups excluding tert-OH is 1. The molecule has 0 spiro atoms. The zero-order chi connectivity index (χ0) is 9.42. The molecule has 0 bridgehead atoms. The van der Waals surface area contributed by atoms with Gasteiger partial charge < -0.3 is 5.11 Å². The second-order valence-electron chi connectivity index (χ2n) is 2.98. The molecule has 0 radical (unpaired) electrons. The molecule has 0 aliphatic rings. The Bertz CT molecular complexity index is 447. The Morgan fingerprint density at radius 2 is 2.31 bits per heavy atom. The molecule has 0 unspecified atom stereocenters. The Balaban J connectivity index is 2.88. The van der Waals surface area contributed by atoms with Crippen LogP contribution >= 0.6 is 33.9 Å². The van der Waals surface area contributed by atoms with Gasteiger partial charge in [0.25, 0.3) is 0 Å². The fraction of sp³-hybridized carbons (Fsp3) is 0.200.